The van der Waals surface area contributed by atoms with Crippen molar-refractivity contribution >= 4 is 34.0 Å². The molecule has 2 nitrogen and oxygen atoms in total. The summed E-state index contributed by atoms with van der Waals surface area (Å²) in [6.45, 7) is 0. The van der Waals surface area contributed by atoms with Crippen LogP contribution in [0.2, 0.25) is 0 Å². The maximum Gasteiger partial charge on any atom is 0.210 e. The van der Waals surface area contributed by atoms with Crippen LogP contribution in [0, 0.1) is 0 Å². The zero-order valence-corrected chi connectivity index (χ0v) is 9.58. The maximum absolute atomic E-state index is 11.6. The highest BCUT2D eigenvalue weighted by atomic mass is 32.2. The van der Waals surface area contributed by atoms with Crippen molar-refractivity contribution in [3.63, 3.8) is 0 Å². The summed E-state index contributed by atoms with van der Waals surface area (Å²) in [5.41, 5.74) is 0.602. The summed E-state index contributed by atoms with van der Waals surface area (Å²) >= 11 is 6.19. The SMILES string of the molecule is COc1ccc(C(=O)C(=S)SC)cc1. The van der Waals surface area contributed by atoms with E-state index in [-0.39, 0.29) is 5.78 Å². The molecular formula is C10H10O2S2. The van der Waals surface area contributed by atoms with Gasteiger partial charge in [0.05, 0.1) is 7.11 Å². The van der Waals surface area contributed by atoms with Crippen molar-refractivity contribution in [1.29, 1.82) is 0 Å². The molecule has 1 aromatic rings. The Morgan fingerprint density at radius 3 is 2.36 bits per heavy atom. The summed E-state index contributed by atoms with van der Waals surface area (Å²) in [6, 6.07) is 6.92. The molecule has 14 heavy (non-hydrogen) atoms. The fraction of sp³-hybridized carbons (Fsp3) is 0.200. The Hall–Kier alpha value is -0.870. The minimum atomic E-state index is -0.102. The van der Waals surface area contributed by atoms with Crippen LogP contribution in [0.15, 0.2) is 24.3 Å². The second-order valence-corrected chi connectivity index (χ2v) is 4.03. The number of Topliss-reactive ketones (excluding diaryl/α,β-unsaturated/α-hetero) is 1. The quantitative estimate of drug-likeness (QED) is 0.584. The topological polar surface area (TPSA) is 26.3 Å². The Kier molecular flexibility index (Phi) is 4.10. The molecule has 1 aromatic carbocycles. The van der Waals surface area contributed by atoms with E-state index in [0.717, 1.165) is 5.75 Å². The number of thiocarbonyl (C=S) groups is 1. The van der Waals surface area contributed by atoms with E-state index in [1.165, 1.54) is 11.8 Å². The van der Waals surface area contributed by atoms with E-state index in [9.17, 15) is 4.79 Å². The van der Waals surface area contributed by atoms with Crippen molar-refractivity contribution < 1.29 is 9.53 Å². The van der Waals surface area contributed by atoms with Gasteiger partial charge < -0.3 is 4.74 Å². The molecule has 0 amide bonds. The lowest BCUT2D eigenvalue weighted by molar-refractivity contribution is 0.107. The van der Waals surface area contributed by atoms with E-state index in [4.69, 9.17) is 17.0 Å². The Bertz CT molecular complexity index is 344. The van der Waals surface area contributed by atoms with Crippen LogP contribution >= 0.6 is 24.0 Å². The Labute approximate surface area is 92.6 Å². The molecule has 74 valence electrons. The molecule has 0 spiro atoms. The Morgan fingerprint density at radius 2 is 1.93 bits per heavy atom. The lowest BCUT2D eigenvalue weighted by atomic mass is 10.1. The summed E-state index contributed by atoms with van der Waals surface area (Å²) in [7, 11) is 1.59. The second kappa shape index (κ2) is 5.12. The average molecular weight is 226 g/mol. The Balaban J connectivity index is 2.87. The molecule has 0 N–H and O–H groups in total. The average Bonchev–Trinajstić information content (AvgIpc) is 2.27. The van der Waals surface area contributed by atoms with E-state index in [1.807, 2.05) is 0 Å². The lowest BCUT2D eigenvalue weighted by Crippen LogP contribution is -2.07. The van der Waals surface area contributed by atoms with E-state index in [1.54, 1.807) is 37.6 Å². The van der Waals surface area contributed by atoms with Crippen LogP contribution in [0.1, 0.15) is 10.4 Å². The third kappa shape index (κ3) is 2.56. The zero-order chi connectivity index (χ0) is 10.6. The van der Waals surface area contributed by atoms with Crippen molar-refractivity contribution in [3.8, 4) is 5.75 Å². The van der Waals surface area contributed by atoms with Crippen molar-refractivity contribution in [2.75, 3.05) is 13.4 Å². The number of ketones is 1. The van der Waals surface area contributed by atoms with E-state index >= 15 is 0 Å². The normalized spacial score (nSPS) is 9.57. The van der Waals surface area contributed by atoms with E-state index in [2.05, 4.69) is 0 Å². The van der Waals surface area contributed by atoms with E-state index in [0.29, 0.717) is 9.76 Å². The molecule has 0 atom stereocenters. The second-order valence-electron chi connectivity index (χ2n) is 2.55. The third-order valence-corrected chi connectivity index (χ3v) is 2.96. The molecule has 0 saturated carbocycles. The monoisotopic (exact) mass is 226 g/mol. The molecule has 0 aliphatic carbocycles. The number of methoxy groups -OCH3 is 1. The molecule has 4 heteroatoms. The van der Waals surface area contributed by atoms with Crippen molar-refractivity contribution in [3.05, 3.63) is 29.8 Å². The number of hydrogen-bond donors (Lipinski definition) is 0. The number of carbonyl (C=O) groups is 1. The molecule has 0 aromatic heterocycles. The van der Waals surface area contributed by atoms with Crippen molar-refractivity contribution in [1.82, 2.24) is 0 Å². The largest absolute Gasteiger partial charge is 0.497 e. The van der Waals surface area contributed by atoms with Gasteiger partial charge in [0.25, 0.3) is 0 Å². The predicted molar refractivity (Wildman–Crippen MR) is 63.4 cm³/mol. The summed E-state index contributed by atoms with van der Waals surface area (Å²) < 4.78 is 5.37. The molecule has 0 bridgehead atoms. The first-order valence-corrected chi connectivity index (χ1v) is 5.59. The van der Waals surface area contributed by atoms with Gasteiger partial charge in [-0.25, -0.2) is 0 Å². The van der Waals surface area contributed by atoms with E-state index < -0.39 is 0 Å². The van der Waals surface area contributed by atoms with Gasteiger partial charge in [0.2, 0.25) is 5.78 Å². The first-order valence-electron chi connectivity index (χ1n) is 3.95. The van der Waals surface area contributed by atoms with Crippen molar-refractivity contribution in [2.45, 2.75) is 0 Å². The van der Waals surface area contributed by atoms with Crippen LogP contribution < -0.4 is 4.74 Å². The molecule has 0 heterocycles. The van der Waals surface area contributed by atoms with Gasteiger partial charge in [-0.3, -0.25) is 4.79 Å². The number of benzene rings is 1. The number of thioether (sulfide) groups is 1. The van der Waals surface area contributed by atoms with Gasteiger partial charge in [0.1, 0.15) is 9.95 Å². The maximum atomic E-state index is 11.6. The number of carbonyl (C=O) groups excluding carboxylic acids is 1. The molecular weight excluding hydrogens is 216 g/mol. The third-order valence-electron chi connectivity index (χ3n) is 1.72. The van der Waals surface area contributed by atoms with Gasteiger partial charge in [0.15, 0.2) is 0 Å². The van der Waals surface area contributed by atoms with Crippen LogP contribution in [0.3, 0.4) is 0 Å². The number of hydrogen-bond acceptors (Lipinski definition) is 4. The van der Waals surface area contributed by atoms with Gasteiger partial charge in [-0.05, 0) is 30.5 Å². The molecule has 0 unspecified atom stereocenters. The van der Waals surface area contributed by atoms with Crippen LogP contribution in [0.5, 0.6) is 5.75 Å². The highest BCUT2D eigenvalue weighted by Crippen LogP contribution is 2.14. The van der Waals surface area contributed by atoms with Gasteiger partial charge in [-0.15, -0.1) is 11.8 Å². The fourth-order valence-corrected chi connectivity index (χ4v) is 1.37. The first kappa shape index (κ1) is 11.2. The minimum absolute atomic E-state index is 0.102. The van der Waals surface area contributed by atoms with Gasteiger partial charge in [0, 0.05) is 5.56 Å². The highest BCUT2D eigenvalue weighted by molar-refractivity contribution is 8.24. The smallest absolute Gasteiger partial charge is 0.210 e. The standard InChI is InChI=1S/C10H10O2S2/c1-12-8-5-3-7(4-6-8)9(11)10(13)14-2/h3-6H,1-2H3. The molecule has 1 rings (SSSR count). The number of ether oxygens (including phenoxy) is 1. The zero-order valence-electron chi connectivity index (χ0n) is 7.94. The van der Waals surface area contributed by atoms with Gasteiger partial charge in [-0.2, -0.15) is 0 Å². The van der Waals surface area contributed by atoms with Crippen molar-refractivity contribution in [2.24, 2.45) is 0 Å². The van der Waals surface area contributed by atoms with Gasteiger partial charge >= 0.3 is 0 Å². The van der Waals surface area contributed by atoms with Crippen LogP contribution in [0.4, 0.5) is 0 Å². The lowest BCUT2D eigenvalue weighted by Gasteiger charge is -2.02. The van der Waals surface area contributed by atoms with Crippen LogP contribution in [-0.4, -0.2) is 23.3 Å². The molecule has 0 aliphatic heterocycles. The van der Waals surface area contributed by atoms with Crippen LogP contribution in [-0.2, 0) is 0 Å². The molecule has 0 saturated heterocycles. The number of rotatable bonds is 3. The van der Waals surface area contributed by atoms with Crippen LogP contribution in [0.25, 0.3) is 0 Å². The fourth-order valence-electron chi connectivity index (χ4n) is 0.953. The molecule has 0 fully saturated rings. The summed E-state index contributed by atoms with van der Waals surface area (Å²) in [4.78, 5) is 11.6. The molecule has 0 aliphatic rings. The molecule has 0 radical (unpaired) electrons. The summed E-state index contributed by atoms with van der Waals surface area (Å²) in [5.74, 6) is 0.631. The minimum Gasteiger partial charge on any atom is -0.497 e. The Morgan fingerprint density at radius 1 is 1.36 bits per heavy atom. The summed E-state index contributed by atoms with van der Waals surface area (Å²) in [5, 5.41) is 0. The van der Waals surface area contributed by atoms with Gasteiger partial charge in [-0.1, -0.05) is 12.2 Å². The summed E-state index contributed by atoms with van der Waals surface area (Å²) in [6.07, 6.45) is 1.80. The highest BCUT2D eigenvalue weighted by Gasteiger charge is 2.10. The predicted octanol–water partition coefficient (Wildman–Crippen LogP) is 2.57. The first-order chi connectivity index (χ1) is 6.69.